The number of nitrogens with zero attached hydrogens (tertiary/aromatic N) is 1. The Hall–Kier alpha value is -1.57. The number of primary amides is 1. The van der Waals surface area contributed by atoms with Crippen molar-refractivity contribution >= 4 is 29.3 Å². The predicted molar refractivity (Wildman–Crippen MR) is 91.4 cm³/mol. The van der Waals surface area contributed by atoms with E-state index in [-0.39, 0.29) is 29.7 Å². The molecule has 0 unspecified atom stereocenters. The predicted octanol–water partition coefficient (Wildman–Crippen LogP) is 1.31. The number of nitrogens with one attached hydrogen (secondary N) is 1. The molecule has 23 heavy (non-hydrogen) atoms. The van der Waals surface area contributed by atoms with E-state index >= 15 is 0 Å². The molecule has 1 heterocycles. The number of amides is 2. The van der Waals surface area contributed by atoms with Crippen LogP contribution in [0.2, 0.25) is 0 Å². The molecule has 7 heteroatoms. The highest BCUT2D eigenvalue weighted by atomic mass is 32.2. The number of thioether (sulfide) groups is 1. The third kappa shape index (κ3) is 5.23. The minimum absolute atomic E-state index is 0.0716. The first-order valence-electron chi connectivity index (χ1n) is 7.61. The van der Waals surface area contributed by atoms with Crippen LogP contribution in [0.1, 0.15) is 13.8 Å². The highest BCUT2D eigenvalue weighted by Crippen LogP contribution is 2.26. The second kappa shape index (κ2) is 8.33. The molecular formula is C16H23N3O3S. The molecule has 2 amide bonds. The monoisotopic (exact) mass is 337 g/mol. The summed E-state index contributed by atoms with van der Waals surface area (Å²) in [5.41, 5.74) is 5.89. The number of anilines is 1. The van der Waals surface area contributed by atoms with E-state index < -0.39 is 0 Å². The molecule has 1 aromatic rings. The average Bonchev–Trinajstić information content (AvgIpc) is 2.50. The number of hydrogen-bond acceptors (Lipinski definition) is 5. The van der Waals surface area contributed by atoms with E-state index in [1.807, 2.05) is 24.3 Å². The summed E-state index contributed by atoms with van der Waals surface area (Å²) in [6.07, 6.45) is 0. The Morgan fingerprint density at radius 3 is 2.61 bits per heavy atom. The van der Waals surface area contributed by atoms with Crippen LogP contribution >= 0.6 is 11.8 Å². The van der Waals surface area contributed by atoms with Crippen molar-refractivity contribution in [3.8, 4) is 0 Å². The summed E-state index contributed by atoms with van der Waals surface area (Å²) >= 11 is 1.32. The maximum absolute atomic E-state index is 12.4. The van der Waals surface area contributed by atoms with E-state index in [2.05, 4.69) is 24.1 Å². The van der Waals surface area contributed by atoms with Crippen LogP contribution in [-0.4, -0.2) is 54.3 Å². The van der Waals surface area contributed by atoms with Crippen LogP contribution in [0.4, 0.5) is 5.69 Å². The third-order valence-electron chi connectivity index (χ3n) is 3.71. The smallest absolute Gasteiger partial charge is 0.238 e. The van der Waals surface area contributed by atoms with Gasteiger partial charge >= 0.3 is 0 Å². The molecule has 0 spiro atoms. The maximum Gasteiger partial charge on any atom is 0.238 e. The molecule has 0 radical (unpaired) electrons. The van der Waals surface area contributed by atoms with E-state index in [1.54, 1.807) is 0 Å². The lowest BCUT2D eigenvalue weighted by Gasteiger charge is -2.38. The van der Waals surface area contributed by atoms with Crippen molar-refractivity contribution in [3.63, 3.8) is 0 Å². The average molecular weight is 337 g/mol. The van der Waals surface area contributed by atoms with Crippen molar-refractivity contribution < 1.29 is 14.3 Å². The zero-order valence-corrected chi connectivity index (χ0v) is 14.3. The van der Waals surface area contributed by atoms with Gasteiger partial charge in [0, 0.05) is 17.0 Å². The first-order valence-corrected chi connectivity index (χ1v) is 8.59. The van der Waals surface area contributed by atoms with Gasteiger partial charge in [0.1, 0.15) is 0 Å². The summed E-state index contributed by atoms with van der Waals surface area (Å²) in [6.45, 7) is 5.71. The number of nitrogens with two attached hydrogens (primary N) is 1. The van der Waals surface area contributed by atoms with Crippen molar-refractivity contribution in [1.29, 1.82) is 0 Å². The van der Waals surface area contributed by atoms with Gasteiger partial charge in [0.15, 0.2) is 0 Å². The van der Waals surface area contributed by atoms with Gasteiger partial charge in [0.2, 0.25) is 11.8 Å². The van der Waals surface area contributed by atoms with Crippen LogP contribution < -0.4 is 11.1 Å². The molecule has 0 aliphatic carbocycles. The van der Waals surface area contributed by atoms with Crippen LogP contribution in [0.25, 0.3) is 0 Å². The molecule has 1 saturated heterocycles. The van der Waals surface area contributed by atoms with Crippen molar-refractivity contribution in [3.05, 3.63) is 24.3 Å². The molecule has 1 aliphatic heterocycles. The molecule has 1 aliphatic rings. The second-order valence-electron chi connectivity index (χ2n) is 5.71. The van der Waals surface area contributed by atoms with Gasteiger partial charge in [-0.05, 0) is 26.0 Å². The van der Waals surface area contributed by atoms with Crippen molar-refractivity contribution in [2.45, 2.75) is 30.8 Å². The molecule has 0 bridgehead atoms. The van der Waals surface area contributed by atoms with E-state index in [1.165, 1.54) is 11.8 Å². The van der Waals surface area contributed by atoms with E-state index in [9.17, 15) is 9.59 Å². The van der Waals surface area contributed by atoms with Gasteiger partial charge in [-0.15, -0.1) is 11.8 Å². The van der Waals surface area contributed by atoms with Crippen LogP contribution in [0, 0.1) is 0 Å². The Morgan fingerprint density at radius 1 is 1.30 bits per heavy atom. The number of carbonyl (C=O) groups is 2. The summed E-state index contributed by atoms with van der Waals surface area (Å²) in [6, 6.07) is 7.83. The normalized spacial score (nSPS) is 21.8. The first-order chi connectivity index (χ1) is 11.0. The number of para-hydroxylation sites is 1. The summed E-state index contributed by atoms with van der Waals surface area (Å²) in [5.74, 6) is -0.269. The molecule has 2 atom stereocenters. The third-order valence-corrected chi connectivity index (χ3v) is 4.80. The number of morpholine rings is 1. The quantitative estimate of drug-likeness (QED) is 0.765. The Morgan fingerprint density at radius 2 is 1.96 bits per heavy atom. The van der Waals surface area contributed by atoms with Crippen LogP contribution in [0.3, 0.4) is 0 Å². The molecule has 0 aromatic heterocycles. The van der Waals surface area contributed by atoms with E-state index in [0.29, 0.717) is 25.4 Å². The van der Waals surface area contributed by atoms with Gasteiger partial charge in [-0.1, -0.05) is 12.1 Å². The van der Waals surface area contributed by atoms with Crippen LogP contribution in [-0.2, 0) is 14.3 Å². The number of rotatable bonds is 6. The molecule has 1 aromatic carbocycles. The number of ether oxygens (including phenoxy) is 1. The summed E-state index contributed by atoms with van der Waals surface area (Å²) in [7, 11) is 0. The van der Waals surface area contributed by atoms with Crippen LogP contribution in [0.5, 0.6) is 0 Å². The molecule has 126 valence electrons. The molecule has 6 nitrogen and oxygen atoms in total. The lowest BCUT2D eigenvalue weighted by molar-refractivity contribution is -0.121. The fourth-order valence-corrected chi connectivity index (χ4v) is 3.29. The summed E-state index contributed by atoms with van der Waals surface area (Å²) in [5, 5.41) is 2.93. The topological polar surface area (TPSA) is 84.7 Å². The van der Waals surface area contributed by atoms with Gasteiger partial charge in [-0.2, -0.15) is 0 Å². The van der Waals surface area contributed by atoms with Gasteiger partial charge in [-0.3, -0.25) is 14.5 Å². The van der Waals surface area contributed by atoms with Crippen LogP contribution in [0.15, 0.2) is 29.2 Å². The molecule has 2 rings (SSSR count). The Kier molecular flexibility index (Phi) is 6.44. The maximum atomic E-state index is 12.4. The zero-order valence-electron chi connectivity index (χ0n) is 13.5. The highest BCUT2D eigenvalue weighted by Gasteiger charge is 2.27. The minimum Gasteiger partial charge on any atom is -0.378 e. The van der Waals surface area contributed by atoms with Crippen molar-refractivity contribution in [1.82, 2.24) is 4.90 Å². The minimum atomic E-state index is -0.382. The number of carbonyl (C=O) groups excluding carboxylic acids is 2. The van der Waals surface area contributed by atoms with Gasteiger partial charge in [0.05, 0.1) is 31.2 Å². The SMILES string of the molecule is C[C@@H]1COC[C@H](C)N1CC(=O)Nc1ccccc1SCC(N)=O. The largest absolute Gasteiger partial charge is 0.378 e. The lowest BCUT2D eigenvalue weighted by atomic mass is 10.1. The zero-order chi connectivity index (χ0) is 16.8. The first kappa shape index (κ1) is 17.8. The lowest BCUT2D eigenvalue weighted by Crippen LogP contribution is -2.52. The summed E-state index contributed by atoms with van der Waals surface area (Å²) < 4.78 is 5.48. The Labute approximate surface area is 140 Å². The Bertz CT molecular complexity index is 557. The number of hydrogen-bond donors (Lipinski definition) is 2. The second-order valence-corrected chi connectivity index (χ2v) is 6.72. The summed E-state index contributed by atoms with van der Waals surface area (Å²) in [4.78, 5) is 26.3. The fraction of sp³-hybridized carbons (Fsp3) is 0.500. The number of benzene rings is 1. The van der Waals surface area contributed by atoms with E-state index in [0.717, 1.165) is 4.90 Å². The molecular weight excluding hydrogens is 314 g/mol. The Balaban J connectivity index is 1.98. The van der Waals surface area contributed by atoms with Gasteiger partial charge < -0.3 is 15.8 Å². The van der Waals surface area contributed by atoms with Gasteiger partial charge in [0.25, 0.3) is 0 Å². The van der Waals surface area contributed by atoms with Gasteiger partial charge in [-0.25, -0.2) is 0 Å². The fourth-order valence-electron chi connectivity index (χ4n) is 2.55. The molecule has 1 fully saturated rings. The standard InChI is InChI=1S/C16H23N3O3S/c1-11-8-22-9-12(2)19(11)7-16(21)18-13-5-3-4-6-14(13)23-10-15(17)20/h3-6,11-12H,7-10H2,1-2H3,(H2,17,20)(H,18,21)/t11-,12+. The molecule has 3 N–H and O–H groups in total. The highest BCUT2D eigenvalue weighted by molar-refractivity contribution is 8.00. The van der Waals surface area contributed by atoms with E-state index in [4.69, 9.17) is 10.5 Å². The van der Waals surface area contributed by atoms with Crippen molar-refractivity contribution in [2.24, 2.45) is 5.73 Å². The van der Waals surface area contributed by atoms with Crippen molar-refractivity contribution in [2.75, 3.05) is 30.8 Å². The molecule has 0 saturated carbocycles.